The van der Waals surface area contributed by atoms with Crippen LogP contribution in [0.3, 0.4) is 0 Å². The number of nitrogens with one attached hydrogen (secondary N) is 1. The van der Waals surface area contributed by atoms with Gasteiger partial charge in [0.2, 0.25) is 0 Å². The third kappa shape index (κ3) is 3.95. The van der Waals surface area contributed by atoms with Crippen molar-refractivity contribution in [3.63, 3.8) is 0 Å². The standard InChI is InChI=1S/C28H27BrN4S/c1-17-13-18(2)15-21(14-17)33-27(26(31-28(33)34)24-10-7-8-12-30-24)22-16-19(3)32(20(22)4)25-11-6-5-9-23(25)29/h5-16,26-27H,1-4H3,(H,31,34)/t26-,27-/m0/s1. The van der Waals surface area contributed by atoms with Crippen molar-refractivity contribution >= 4 is 38.9 Å². The first-order valence-electron chi connectivity index (χ1n) is 11.4. The first-order chi connectivity index (χ1) is 16.3. The first-order valence-corrected chi connectivity index (χ1v) is 12.6. The molecule has 1 saturated heterocycles. The number of anilines is 1. The van der Waals surface area contributed by atoms with Gasteiger partial charge < -0.3 is 14.8 Å². The summed E-state index contributed by atoms with van der Waals surface area (Å²) in [4.78, 5) is 6.97. The highest BCUT2D eigenvalue weighted by Crippen LogP contribution is 2.44. The molecule has 3 heterocycles. The molecule has 0 radical (unpaired) electrons. The molecule has 5 rings (SSSR count). The predicted octanol–water partition coefficient (Wildman–Crippen LogP) is 7.05. The third-order valence-corrected chi connectivity index (χ3v) is 7.45. The van der Waals surface area contributed by atoms with Crippen molar-refractivity contribution in [1.29, 1.82) is 0 Å². The summed E-state index contributed by atoms with van der Waals surface area (Å²) in [5.41, 5.74) is 9.25. The second-order valence-electron chi connectivity index (χ2n) is 8.96. The molecule has 34 heavy (non-hydrogen) atoms. The Bertz CT molecular complexity index is 1360. The van der Waals surface area contributed by atoms with Crippen molar-refractivity contribution in [2.45, 2.75) is 39.8 Å². The summed E-state index contributed by atoms with van der Waals surface area (Å²) in [5.74, 6) is 0. The van der Waals surface area contributed by atoms with Gasteiger partial charge >= 0.3 is 0 Å². The lowest BCUT2D eigenvalue weighted by molar-refractivity contribution is 0.565. The molecule has 1 aliphatic rings. The van der Waals surface area contributed by atoms with Gasteiger partial charge in [-0.1, -0.05) is 24.3 Å². The molecule has 4 aromatic rings. The van der Waals surface area contributed by atoms with E-state index in [1.54, 1.807) is 0 Å². The summed E-state index contributed by atoms with van der Waals surface area (Å²) in [6.07, 6.45) is 1.85. The number of aromatic nitrogens is 2. The van der Waals surface area contributed by atoms with Gasteiger partial charge in [-0.2, -0.15) is 0 Å². The van der Waals surface area contributed by atoms with Gasteiger partial charge in [0.05, 0.1) is 23.5 Å². The topological polar surface area (TPSA) is 33.1 Å². The van der Waals surface area contributed by atoms with Crippen molar-refractivity contribution in [3.05, 3.63) is 111 Å². The quantitative estimate of drug-likeness (QED) is 0.286. The summed E-state index contributed by atoms with van der Waals surface area (Å²) in [6.45, 7) is 8.62. The highest BCUT2D eigenvalue weighted by Gasteiger charge is 2.42. The van der Waals surface area contributed by atoms with E-state index in [0.29, 0.717) is 0 Å². The Labute approximate surface area is 214 Å². The molecular weight excluding hydrogens is 504 g/mol. The van der Waals surface area contributed by atoms with Gasteiger partial charge in [0.15, 0.2) is 5.11 Å². The van der Waals surface area contributed by atoms with Crippen LogP contribution < -0.4 is 10.2 Å². The zero-order valence-corrected chi connectivity index (χ0v) is 22.1. The summed E-state index contributed by atoms with van der Waals surface area (Å²) >= 11 is 9.68. The van der Waals surface area contributed by atoms with Gasteiger partial charge in [0.25, 0.3) is 0 Å². The van der Waals surface area contributed by atoms with Crippen LogP contribution in [0.1, 0.15) is 45.9 Å². The average Bonchev–Trinajstić information content (AvgIpc) is 3.29. The number of hydrogen-bond acceptors (Lipinski definition) is 2. The van der Waals surface area contributed by atoms with Crippen LogP contribution in [0.25, 0.3) is 5.69 Å². The maximum absolute atomic E-state index is 5.93. The van der Waals surface area contributed by atoms with Gasteiger partial charge in [0.1, 0.15) is 0 Å². The SMILES string of the molecule is Cc1cc(C)cc(N2C(=S)N[C@@H](c3ccccn3)[C@@H]2c2cc(C)n(-c3ccccc3Br)c2C)c1. The molecule has 0 unspecified atom stereocenters. The molecule has 1 N–H and O–H groups in total. The lowest BCUT2D eigenvalue weighted by Crippen LogP contribution is -2.29. The number of aryl methyl sites for hydroxylation is 3. The smallest absolute Gasteiger partial charge is 0.174 e. The molecule has 2 aromatic heterocycles. The lowest BCUT2D eigenvalue weighted by atomic mass is 9.96. The molecule has 2 atom stereocenters. The van der Waals surface area contributed by atoms with Crippen molar-refractivity contribution in [1.82, 2.24) is 14.9 Å². The van der Waals surface area contributed by atoms with Gasteiger partial charge in [-0.15, -0.1) is 0 Å². The third-order valence-electron chi connectivity index (χ3n) is 6.46. The molecule has 4 nitrogen and oxygen atoms in total. The Morgan fingerprint density at radius 1 is 0.912 bits per heavy atom. The van der Waals surface area contributed by atoms with Crippen LogP contribution in [0.4, 0.5) is 5.69 Å². The predicted molar refractivity (Wildman–Crippen MR) is 147 cm³/mol. The number of benzene rings is 2. The second-order valence-corrected chi connectivity index (χ2v) is 10.2. The molecule has 0 spiro atoms. The monoisotopic (exact) mass is 530 g/mol. The van der Waals surface area contributed by atoms with E-state index >= 15 is 0 Å². The maximum Gasteiger partial charge on any atom is 0.174 e. The number of hydrogen-bond donors (Lipinski definition) is 1. The van der Waals surface area contributed by atoms with Crippen LogP contribution >= 0.6 is 28.1 Å². The van der Waals surface area contributed by atoms with E-state index in [4.69, 9.17) is 17.2 Å². The van der Waals surface area contributed by atoms with Crippen molar-refractivity contribution in [3.8, 4) is 5.69 Å². The van der Waals surface area contributed by atoms with Gasteiger partial charge in [-0.25, -0.2) is 0 Å². The Morgan fingerprint density at radius 2 is 1.62 bits per heavy atom. The highest BCUT2D eigenvalue weighted by atomic mass is 79.9. The fraction of sp³-hybridized carbons (Fsp3) is 0.214. The van der Waals surface area contributed by atoms with Gasteiger partial charge in [0, 0.05) is 27.7 Å². The minimum Gasteiger partial charge on any atom is -0.351 e. The molecule has 0 amide bonds. The number of rotatable bonds is 4. The molecule has 0 aliphatic carbocycles. The summed E-state index contributed by atoms with van der Waals surface area (Å²) < 4.78 is 3.38. The number of nitrogens with zero attached hydrogens (tertiary/aromatic N) is 3. The van der Waals surface area contributed by atoms with Crippen LogP contribution in [-0.4, -0.2) is 14.7 Å². The molecule has 0 saturated carbocycles. The van der Waals surface area contributed by atoms with E-state index in [1.165, 1.54) is 28.1 Å². The van der Waals surface area contributed by atoms with Crippen LogP contribution in [0.2, 0.25) is 0 Å². The normalized spacial score (nSPS) is 17.8. The Kier molecular flexibility index (Phi) is 6.04. The van der Waals surface area contributed by atoms with E-state index in [9.17, 15) is 0 Å². The molecule has 2 aromatic carbocycles. The van der Waals surface area contributed by atoms with E-state index in [-0.39, 0.29) is 12.1 Å². The van der Waals surface area contributed by atoms with Crippen molar-refractivity contribution in [2.24, 2.45) is 0 Å². The number of pyridine rings is 1. The Morgan fingerprint density at radius 3 is 2.29 bits per heavy atom. The highest BCUT2D eigenvalue weighted by molar-refractivity contribution is 9.10. The minimum absolute atomic E-state index is 0.0361. The summed E-state index contributed by atoms with van der Waals surface area (Å²) in [7, 11) is 0. The van der Waals surface area contributed by atoms with E-state index in [0.717, 1.165) is 26.7 Å². The molecule has 172 valence electrons. The molecule has 6 heteroatoms. The fourth-order valence-electron chi connectivity index (χ4n) is 5.13. The average molecular weight is 532 g/mol. The van der Waals surface area contributed by atoms with Crippen LogP contribution in [-0.2, 0) is 0 Å². The Hall–Kier alpha value is -2.96. The maximum atomic E-state index is 5.93. The molecule has 0 bridgehead atoms. The zero-order chi connectivity index (χ0) is 24.0. The first kappa shape index (κ1) is 22.8. The van der Waals surface area contributed by atoms with Crippen LogP contribution in [0, 0.1) is 27.7 Å². The second kappa shape index (κ2) is 9.01. The van der Waals surface area contributed by atoms with Gasteiger partial charge in [-0.3, -0.25) is 4.98 Å². The van der Waals surface area contributed by atoms with Crippen LogP contribution in [0.15, 0.2) is 77.4 Å². The molecule has 1 aliphatic heterocycles. The lowest BCUT2D eigenvalue weighted by Gasteiger charge is -2.29. The number of halogens is 1. The Balaban J connectivity index is 1.71. The zero-order valence-electron chi connectivity index (χ0n) is 19.7. The molecular formula is C28H27BrN4S. The number of thiocarbonyl (C=S) groups is 1. The van der Waals surface area contributed by atoms with Crippen LogP contribution in [0.5, 0.6) is 0 Å². The van der Waals surface area contributed by atoms with E-state index in [1.807, 2.05) is 24.4 Å². The fourth-order valence-corrected chi connectivity index (χ4v) is 5.94. The van der Waals surface area contributed by atoms with Crippen molar-refractivity contribution in [2.75, 3.05) is 4.90 Å². The van der Waals surface area contributed by atoms with E-state index < -0.39 is 0 Å². The summed E-state index contributed by atoms with van der Waals surface area (Å²) in [5, 5.41) is 4.31. The summed E-state index contributed by atoms with van der Waals surface area (Å²) in [6, 6.07) is 23.2. The minimum atomic E-state index is -0.0670. The van der Waals surface area contributed by atoms with Crippen molar-refractivity contribution < 1.29 is 0 Å². The molecule has 1 fully saturated rings. The van der Waals surface area contributed by atoms with E-state index in [2.05, 4.69) is 107 Å². The number of para-hydroxylation sites is 1. The van der Waals surface area contributed by atoms with Gasteiger partial charge in [-0.05, 0) is 115 Å². The largest absolute Gasteiger partial charge is 0.351 e.